The Balaban J connectivity index is 1.35. The summed E-state index contributed by atoms with van der Waals surface area (Å²) in [4.78, 5) is 22.4. The second-order valence-electron chi connectivity index (χ2n) is 9.59. The van der Waals surface area contributed by atoms with Gasteiger partial charge in [-0.1, -0.05) is 53.7 Å². The lowest BCUT2D eigenvalue weighted by atomic mass is 9.85. The number of aromatic nitrogens is 5. The summed E-state index contributed by atoms with van der Waals surface area (Å²) >= 11 is 0. The molecule has 9 nitrogen and oxygen atoms in total. The number of hydrogen-bond acceptors (Lipinski definition) is 7. The number of nitrogens with zero attached hydrogens (tertiary/aromatic N) is 6. The molecule has 202 valence electrons. The van der Waals surface area contributed by atoms with Crippen molar-refractivity contribution in [1.82, 2.24) is 24.9 Å². The molecule has 0 bridgehead atoms. The van der Waals surface area contributed by atoms with Gasteiger partial charge in [0.15, 0.2) is 17.5 Å². The van der Waals surface area contributed by atoms with E-state index in [1.807, 2.05) is 30.3 Å². The average molecular weight is 543 g/mol. The molecule has 11 heteroatoms. The summed E-state index contributed by atoms with van der Waals surface area (Å²) < 4.78 is 36.1. The number of carboxylic acids is 1. The standard InChI is InChI=1S/C29H24F2N6O3/c30-21-9-5-4-8-20(21)17-37-25(23-11-13-40-35-23)15-24(34-37)27-32-16-22(31)28(33-27)36-12-10-19(14-26(36)29(38)39)18-6-2-1-3-7-18/h1-9,11,13,15-16,19,26H,10,12,14,17H2,(H,38,39)/t19-,26+/m0/s1. The van der Waals surface area contributed by atoms with E-state index in [0.29, 0.717) is 42.0 Å². The normalized spacial score (nSPS) is 17.2. The van der Waals surface area contributed by atoms with Crippen molar-refractivity contribution < 1.29 is 23.2 Å². The quantitative estimate of drug-likeness (QED) is 0.300. The molecule has 1 saturated heterocycles. The van der Waals surface area contributed by atoms with Crippen LogP contribution in [0.5, 0.6) is 0 Å². The second kappa shape index (κ2) is 10.7. The van der Waals surface area contributed by atoms with Crippen molar-refractivity contribution in [3.05, 3.63) is 102 Å². The molecule has 0 aliphatic carbocycles. The average Bonchev–Trinajstić information content (AvgIpc) is 3.65. The highest BCUT2D eigenvalue weighted by molar-refractivity contribution is 5.78. The lowest BCUT2D eigenvalue weighted by molar-refractivity contribution is -0.139. The van der Waals surface area contributed by atoms with Gasteiger partial charge in [0.05, 0.1) is 18.4 Å². The van der Waals surface area contributed by atoms with Gasteiger partial charge in [0, 0.05) is 18.2 Å². The van der Waals surface area contributed by atoms with Crippen LogP contribution in [-0.2, 0) is 11.3 Å². The summed E-state index contributed by atoms with van der Waals surface area (Å²) in [6.45, 7) is 0.396. The minimum absolute atomic E-state index is 0.0296. The van der Waals surface area contributed by atoms with E-state index in [4.69, 9.17) is 4.52 Å². The lowest BCUT2D eigenvalue weighted by Crippen LogP contribution is -2.47. The highest BCUT2D eigenvalue weighted by Gasteiger charge is 2.36. The van der Waals surface area contributed by atoms with E-state index in [0.717, 1.165) is 11.8 Å². The molecule has 5 aromatic rings. The zero-order chi connectivity index (χ0) is 27.6. The predicted octanol–water partition coefficient (Wildman–Crippen LogP) is 5.16. The van der Waals surface area contributed by atoms with Gasteiger partial charge in [0.2, 0.25) is 0 Å². The minimum atomic E-state index is -1.05. The Morgan fingerprint density at radius 2 is 1.82 bits per heavy atom. The first-order chi connectivity index (χ1) is 19.5. The van der Waals surface area contributed by atoms with Crippen LogP contribution in [0, 0.1) is 11.6 Å². The first-order valence-corrected chi connectivity index (χ1v) is 12.8. The Kier molecular flexibility index (Phi) is 6.77. The summed E-state index contributed by atoms with van der Waals surface area (Å²) in [5, 5.41) is 18.6. The fourth-order valence-electron chi connectivity index (χ4n) is 5.15. The molecule has 6 rings (SSSR count). The summed E-state index contributed by atoms with van der Waals surface area (Å²) in [5.41, 5.74) is 2.74. The molecule has 0 amide bonds. The van der Waals surface area contributed by atoms with Crippen molar-refractivity contribution in [3.8, 4) is 22.9 Å². The van der Waals surface area contributed by atoms with Crippen LogP contribution in [-0.4, -0.2) is 48.6 Å². The van der Waals surface area contributed by atoms with Crippen molar-refractivity contribution in [2.45, 2.75) is 31.3 Å². The Labute approximate surface area is 227 Å². The maximum Gasteiger partial charge on any atom is 0.326 e. The van der Waals surface area contributed by atoms with Crippen LogP contribution >= 0.6 is 0 Å². The highest BCUT2D eigenvalue weighted by atomic mass is 19.1. The van der Waals surface area contributed by atoms with Crippen molar-refractivity contribution in [2.24, 2.45) is 0 Å². The molecule has 1 fully saturated rings. The van der Waals surface area contributed by atoms with Gasteiger partial charge < -0.3 is 14.5 Å². The fourth-order valence-corrected chi connectivity index (χ4v) is 5.15. The van der Waals surface area contributed by atoms with Gasteiger partial charge in [-0.3, -0.25) is 4.68 Å². The molecule has 2 atom stereocenters. The van der Waals surface area contributed by atoms with Gasteiger partial charge in [0.25, 0.3) is 0 Å². The number of anilines is 1. The second-order valence-corrected chi connectivity index (χ2v) is 9.59. The number of carboxylic acid groups (broad SMARTS) is 1. The van der Waals surface area contributed by atoms with E-state index in [9.17, 15) is 14.3 Å². The van der Waals surface area contributed by atoms with Crippen LogP contribution < -0.4 is 4.90 Å². The van der Waals surface area contributed by atoms with Gasteiger partial charge in [-0.2, -0.15) is 5.10 Å². The van der Waals surface area contributed by atoms with E-state index < -0.39 is 17.8 Å². The Morgan fingerprint density at radius 3 is 2.58 bits per heavy atom. The largest absolute Gasteiger partial charge is 0.480 e. The predicted molar refractivity (Wildman–Crippen MR) is 141 cm³/mol. The van der Waals surface area contributed by atoms with Crippen LogP contribution in [0.4, 0.5) is 14.6 Å². The molecule has 4 heterocycles. The van der Waals surface area contributed by atoms with Crippen molar-refractivity contribution in [1.29, 1.82) is 0 Å². The number of piperidine rings is 1. The maximum atomic E-state index is 15.1. The van der Waals surface area contributed by atoms with Crippen LogP contribution in [0.25, 0.3) is 22.9 Å². The highest BCUT2D eigenvalue weighted by Crippen LogP contribution is 2.35. The Hall–Kier alpha value is -4.93. The first-order valence-electron chi connectivity index (χ1n) is 12.8. The van der Waals surface area contributed by atoms with Crippen LogP contribution in [0.15, 0.2) is 83.7 Å². The molecule has 0 saturated carbocycles. The third kappa shape index (κ3) is 4.93. The van der Waals surface area contributed by atoms with E-state index in [1.54, 1.807) is 35.0 Å². The van der Waals surface area contributed by atoms with Gasteiger partial charge >= 0.3 is 5.97 Å². The Morgan fingerprint density at radius 1 is 1.02 bits per heavy atom. The molecular weight excluding hydrogens is 518 g/mol. The number of hydrogen-bond donors (Lipinski definition) is 1. The molecule has 2 aromatic carbocycles. The fraction of sp³-hybridized carbons (Fsp3) is 0.207. The minimum Gasteiger partial charge on any atom is -0.480 e. The van der Waals surface area contributed by atoms with E-state index >= 15 is 4.39 Å². The summed E-state index contributed by atoms with van der Waals surface area (Å²) in [5.74, 6) is -2.14. The zero-order valence-corrected chi connectivity index (χ0v) is 21.2. The van der Waals surface area contributed by atoms with E-state index in [-0.39, 0.29) is 29.9 Å². The van der Waals surface area contributed by atoms with Crippen molar-refractivity contribution >= 4 is 11.8 Å². The van der Waals surface area contributed by atoms with Crippen molar-refractivity contribution in [2.75, 3.05) is 11.4 Å². The maximum absolute atomic E-state index is 15.1. The summed E-state index contributed by atoms with van der Waals surface area (Å²) in [6.07, 6.45) is 3.38. The first kappa shape index (κ1) is 25.4. The topological polar surface area (TPSA) is 110 Å². The third-order valence-corrected chi connectivity index (χ3v) is 7.14. The number of aliphatic carboxylic acids is 1. The number of benzene rings is 2. The van der Waals surface area contributed by atoms with Crippen molar-refractivity contribution in [3.63, 3.8) is 0 Å². The molecule has 1 N–H and O–H groups in total. The summed E-state index contributed by atoms with van der Waals surface area (Å²) in [6, 6.07) is 18.4. The number of rotatable bonds is 7. The number of halogens is 2. The molecule has 1 aliphatic heterocycles. The SMILES string of the molecule is O=C(O)[C@H]1C[C@@H](c2ccccc2)CCN1c1nc(-c2cc(-c3ccon3)n(Cc3ccccc3F)n2)ncc1F. The van der Waals surface area contributed by atoms with E-state index in [1.165, 1.54) is 17.2 Å². The summed E-state index contributed by atoms with van der Waals surface area (Å²) in [7, 11) is 0. The smallest absolute Gasteiger partial charge is 0.326 e. The van der Waals surface area contributed by atoms with Crippen LogP contribution in [0.2, 0.25) is 0 Å². The molecule has 0 unspecified atom stereocenters. The third-order valence-electron chi connectivity index (χ3n) is 7.14. The molecular formula is C29H24F2N6O3. The Bertz CT molecular complexity index is 1640. The molecule has 0 radical (unpaired) electrons. The molecule has 40 heavy (non-hydrogen) atoms. The van der Waals surface area contributed by atoms with Crippen LogP contribution in [0.3, 0.4) is 0 Å². The number of carbonyl (C=O) groups is 1. The van der Waals surface area contributed by atoms with Gasteiger partial charge in [-0.25, -0.2) is 23.5 Å². The lowest BCUT2D eigenvalue weighted by Gasteiger charge is -2.38. The molecule has 1 aliphatic rings. The van der Waals surface area contributed by atoms with Gasteiger partial charge in [-0.15, -0.1) is 0 Å². The molecule has 0 spiro atoms. The zero-order valence-electron chi connectivity index (χ0n) is 21.2. The molecule has 3 aromatic heterocycles. The van der Waals surface area contributed by atoms with Gasteiger partial charge in [0.1, 0.15) is 29.5 Å². The van der Waals surface area contributed by atoms with Gasteiger partial charge in [-0.05, 0) is 36.5 Å². The van der Waals surface area contributed by atoms with E-state index in [2.05, 4.69) is 20.2 Å². The monoisotopic (exact) mass is 542 g/mol. The van der Waals surface area contributed by atoms with Crippen LogP contribution in [0.1, 0.15) is 29.9 Å².